The summed E-state index contributed by atoms with van der Waals surface area (Å²) in [6.45, 7) is 9.28. The third kappa shape index (κ3) is 1.40. The maximum absolute atomic E-state index is 2.73. The molecule has 3 saturated carbocycles. The van der Waals surface area contributed by atoms with Gasteiger partial charge in [-0.15, -0.1) is 0 Å². The van der Waals surface area contributed by atoms with Crippen molar-refractivity contribution in [2.45, 2.75) is 19.8 Å². The van der Waals surface area contributed by atoms with E-state index >= 15 is 0 Å². The lowest BCUT2D eigenvalue weighted by atomic mass is 9.52. The summed E-state index contributed by atoms with van der Waals surface area (Å²) >= 11 is 0. The van der Waals surface area contributed by atoms with Crippen molar-refractivity contribution in [1.29, 1.82) is 0 Å². The van der Waals surface area contributed by atoms with E-state index in [0.717, 1.165) is 35.5 Å². The fourth-order valence-corrected chi connectivity index (χ4v) is 5.95. The van der Waals surface area contributed by atoms with Crippen LogP contribution in [0.25, 0.3) is 0 Å². The average molecular weight is 234 g/mol. The van der Waals surface area contributed by atoms with Gasteiger partial charge in [-0.1, -0.05) is 6.92 Å². The Hall–Kier alpha value is -0.0800. The highest BCUT2D eigenvalue weighted by atomic mass is 15.2. The highest BCUT2D eigenvalue weighted by Gasteiger charge is 2.57. The van der Waals surface area contributed by atoms with Gasteiger partial charge in [-0.25, -0.2) is 0 Å². The Bertz CT molecular complexity index is 288. The van der Waals surface area contributed by atoms with Gasteiger partial charge in [0.05, 0.1) is 0 Å². The summed E-state index contributed by atoms with van der Waals surface area (Å²) in [6.07, 6.45) is 3.11. The van der Waals surface area contributed by atoms with Crippen LogP contribution in [0.1, 0.15) is 19.8 Å². The van der Waals surface area contributed by atoms with Gasteiger partial charge < -0.3 is 9.80 Å². The minimum Gasteiger partial charge on any atom is -0.306 e. The molecule has 5 rings (SSSR count). The van der Waals surface area contributed by atoms with Gasteiger partial charge in [-0.2, -0.15) is 0 Å². The molecule has 0 aromatic carbocycles. The van der Waals surface area contributed by atoms with Gasteiger partial charge in [-0.3, -0.25) is 0 Å². The summed E-state index contributed by atoms with van der Waals surface area (Å²) in [6, 6.07) is 0. The summed E-state index contributed by atoms with van der Waals surface area (Å²) in [5, 5.41) is 0. The minimum atomic E-state index is 1.07. The zero-order chi connectivity index (χ0) is 11.6. The molecule has 0 aromatic heterocycles. The smallest absolute Gasteiger partial charge is 0.00157 e. The van der Waals surface area contributed by atoms with Crippen LogP contribution in [-0.4, -0.2) is 49.6 Å². The highest BCUT2D eigenvalue weighted by molar-refractivity contribution is 5.08. The van der Waals surface area contributed by atoms with E-state index in [9.17, 15) is 0 Å². The minimum absolute atomic E-state index is 1.07. The van der Waals surface area contributed by atoms with Gasteiger partial charge in [0.25, 0.3) is 0 Å². The molecule has 2 nitrogen and oxygen atoms in total. The summed E-state index contributed by atoms with van der Waals surface area (Å²) in [4.78, 5) is 5.34. The van der Waals surface area contributed by atoms with Crippen molar-refractivity contribution in [2.75, 3.05) is 39.8 Å². The van der Waals surface area contributed by atoms with Crippen molar-refractivity contribution in [2.24, 2.45) is 35.5 Å². The third-order valence-electron chi connectivity index (χ3n) is 6.56. The number of hydrogen-bond donors (Lipinski definition) is 0. The van der Waals surface area contributed by atoms with Crippen molar-refractivity contribution < 1.29 is 0 Å². The van der Waals surface area contributed by atoms with Gasteiger partial charge >= 0.3 is 0 Å². The second-order valence-electron chi connectivity index (χ2n) is 7.13. The number of likely N-dealkylation sites (tertiary alicyclic amines) is 2. The highest BCUT2D eigenvalue weighted by Crippen LogP contribution is 2.58. The maximum atomic E-state index is 2.73. The quantitative estimate of drug-likeness (QED) is 0.682. The van der Waals surface area contributed by atoms with Gasteiger partial charge in [0, 0.05) is 26.2 Å². The monoisotopic (exact) mass is 234 g/mol. The molecule has 6 atom stereocenters. The lowest BCUT2D eigenvalue weighted by Crippen LogP contribution is -2.49. The number of nitrogens with zero attached hydrogens (tertiary/aromatic N) is 2. The van der Waals surface area contributed by atoms with E-state index in [2.05, 4.69) is 23.8 Å². The first-order valence-corrected chi connectivity index (χ1v) is 7.68. The Kier molecular flexibility index (Phi) is 2.36. The molecule has 2 saturated heterocycles. The first-order valence-electron chi connectivity index (χ1n) is 7.68. The fraction of sp³-hybridized carbons (Fsp3) is 1.00. The summed E-state index contributed by atoms with van der Waals surface area (Å²) in [7, 11) is 2.34. The molecule has 0 radical (unpaired) electrons. The second kappa shape index (κ2) is 3.71. The molecule has 96 valence electrons. The van der Waals surface area contributed by atoms with Crippen LogP contribution in [-0.2, 0) is 0 Å². The standard InChI is InChI=1S/C15H26N2/c1-3-17-8-14-10-4-5-11(15(14)9-17)13-7-16(2)6-12(10)13/h10-15H,3-9H2,1-2H3. The van der Waals surface area contributed by atoms with Crippen LogP contribution in [0.4, 0.5) is 0 Å². The summed E-state index contributed by atoms with van der Waals surface area (Å²) < 4.78 is 0. The zero-order valence-corrected chi connectivity index (χ0v) is 11.3. The molecule has 5 fully saturated rings. The molecule has 2 aliphatic heterocycles. The topological polar surface area (TPSA) is 6.48 Å². The number of fused-ring (bicyclic) bond motifs is 1. The Balaban J connectivity index is 1.63. The molecule has 0 amide bonds. The van der Waals surface area contributed by atoms with Crippen molar-refractivity contribution in [3.63, 3.8) is 0 Å². The van der Waals surface area contributed by atoms with E-state index in [1.807, 2.05) is 0 Å². The van der Waals surface area contributed by atoms with Gasteiger partial charge in [0.1, 0.15) is 0 Å². The van der Waals surface area contributed by atoms with E-state index in [4.69, 9.17) is 0 Å². The molecule has 0 spiro atoms. The van der Waals surface area contributed by atoms with E-state index in [1.54, 1.807) is 12.8 Å². The van der Waals surface area contributed by atoms with E-state index in [1.165, 1.54) is 32.7 Å². The van der Waals surface area contributed by atoms with Crippen LogP contribution in [0.5, 0.6) is 0 Å². The molecule has 0 N–H and O–H groups in total. The van der Waals surface area contributed by atoms with Crippen LogP contribution < -0.4 is 0 Å². The largest absolute Gasteiger partial charge is 0.306 e. The molecule has 3 aliphatic carbocycles. The van der Waals surface area contributed by atoms with Crippen LogP contribution in [0, 0.1) is 35.5 Å². The van der Waals surface area contributed by atoms with Crippen molar-refractivity contribution in [1.82, 2.24) is 9.80 Å². The number of hydrogen-bond acceptors (Lipinski definition) is 2. The van der Waals surface area contributed by atoms with Crippen LogP contribution >= 0.6 is 0 Å². The van der Waals surface area contributed by atoms with Gasteiger partial charge in [-0.05, 0) is 61.9 Å². The Morgan fingerprint density at radius 2 is 1.24 bits per heavy atom. The van der Waals surface area contributed by atoms with Crippen LogP contribution in [0.15, 0.2) is 0 Å². The molecule has 17 heavy (non-hydrogen) atoms. The van der Waals surface area contributed by atoms with E-state index < -0.39 is 0 Å². The van der Waals surface area contributed by atoms with Crippen LogP contribution in [0.2, 0.25) is 0 Å². The predicted molar refractivity (Wildman–Crippen MR) is 69.8 cm³/mol. The Morgan fingerprint density at radius 1 is 0.765 bits per heavy atom. The molecular weight excluding hydrogens is 208 g/mol. The molecule has 2 heteroatoms. The maximum Gasteiger partial charge on any atom is 0.00157 e. The Labute approximate surface area is 105 Å². The molecule has 6 unspecified atom stereocenters. The molecule has 2 heterocycles. The summed E-state index contributed by atoms with van der Waals surface area (Å²) in [5.41, 5.74) is 0. The second-order valence-corrected chi connectivity index (χ2v) is 7.13. The molecular formula is C15H26N2. The SMILES string of the molecule is CCN1CC2C3CCC(C4CN(C)CC34)C2C1. The lowest BCUT2D eigenvalue weighted by Gasteiger charge is -2.52. The fourth-order valence-electron chi connectivity index (χ4n) is 5.95. The van der Waals surface area contributed by atoms with Gasteiger partial charge in [0.2, 0.25) is 0 Å². The predicted octanol–water partition coefficient (Wildman–Crippen LogP) is 1.77. The van der Waals surface area contributed by atoms with E-state index in [0.29, 0.717) is 0 Å². The number of rotatable bonds is 1. The normalized spacial score (nSPS) is 54.0. The Morgan fingerprint density at radius 3 is 1.71 bits per heavy atom. The molecule has 5 aliphatic rings. The first kappa shape index (κ1) is 10.8. The van der Waals surface area contributed by atoms with E-state index in [-0.39, 0.29) is 0 Å². The van der Waals surface area contributed by atoms with Crippen molar-refractivity contribution in [3.05, 3.63) is 0 Å². The lowest BCUT2D eigenvalue weighted by molar-refractivity contribution is -0.0289. The molecule has 0 aromatic rings. The summed E-state index contributed by atoms with van der Waals surface area (Å²) in [5.74, 6) is 6.43. The first-order chi connectivity index (χ1) is 8.28. The van der Waals surface area contributed by atoms with Crippen molar-refractivity contribution in [3.8, 4) is 0 Å². The third-order valence-corrected chi connectivity index (χ3v) is 6.56. The van der Waals surface area contributed by atoms with Crippen molar-refractivity contribution >= 4 is 0 Å². The molecule has 2 bridgehead atoms. The van der Waals surface area contributed by atoms with Gasteiger partial charge in [0.15, 0.2) is 0 Å². The zero-order valence-electron chi connectivity index (χ0n) is 11.3. The van der Waals surface area contributed by atoms with Crippen LogP contribution in [0.3, 0.4) is 0 Å². The average Bonchev–Trinajstić information content (AvgIpc) is 2.91.